The number of hydrazine groups is 1. The maximum Gasteiger partial charge on any atom is 0.397 e. The highest BCUT2D eigenvalue weighted by molar-refractivity contribution is 5.83. The molecule has 1 rings (SSSR count). The fraction of sp³-hybridized carbons (Fsp3) is 0.833. The lowest BCUT2D eigenvalue weighted by atomic mass is 9.94. The summed E-state index contributed by atoms with van der Waals surface area (Å²) in [7, 11) is 0. The van der Waals surface area contributed by atoms with E-state index in [0.29, 0.717) is 12.3 Å². The summed E-state index contributed by atoms with van der Waals surface area (Å²) < 4.78 is 35.7. The van der Waals surface area contributed by atoms with Gasteiger partial charge in [-0.2, -0.15) is 13.2 Å². The number of hydrogen-bond donors (Lipinski definition) is 2. The largest absolute Gasteiger partial charge is 0.397 e. The minimum Gasteiger partial charge on any atom is -0.273 e. The molecular weight excluding hydrogens is 261 g/mol. The molecule has 19 heavy (non-hydrogen) atoms. The van der Waals surface area contributed by atoms with E-state index in [0.717, 1.165) is 12.8 Å². The van der Waals surface area contributed by atoms with Crippen molar-refractivity contribution in [3.63, 3.8) is 0 Å². The lowest BCUT2D eigenvalue weighted by molar-refractivity contribution is -0.155. The first-order chi connectivity index (χ1) is 8.78. The summed E-state index contributed by atoms with van der Waals surface area (Å²) in [5.41, 5.74) is 3.83. The molecule has 1 aliphatic carbocycles. The van der Waals surface area contributed by atoms with Crippen LogP contribution in [0.5, 0.6) is 0 Å². The molecule has 0 heterocycles. The van der Waals surface area contributed by atoms with Gasteiger partial charge in [0.15, 0.2) is 0 Å². The SMILES string of the molecule is C[C@H](CC1CCCC1)C(=O)NNC(=O)CC(F)(F)F. The minimum atomic E-state index is -4.57. The van der Waals surface area contributed by atoms with Gasteiger partial charge in [-0.1, -0.05) is 32.6 Å². The van der Waals surface area contributed by atoms with E-state index in [-0.39, 0.29) is 5.92 Å². The second kappa shape index (κ2) is 6.77. The Kier molecular flexibility index (Phi) is 5.62. The fourth-order valence-corrected chi connectivity index (χ4v) is 2.33. The second-order valence-corrected chi connectivity index (χ2v) is 5.12. The highest BCUT2D eigenvalue weighted by Gasteiger charge is 2.31. The van der Waals surface area contributed by atoms with Gasteiger partial charge in [-0.3, -0.25) is 20.4 Å². The van der Waals surface area contributed by atoms with Gasteiger partial charge < -0.3 is 0 Å². The molecule has 1 fully saturated rings. The molecule has 0 aromatic carbocycles. The first-order valence-electron chi connectivity index (χ1n) is 6.43. The van der Waals surface area contributed by atoms with Gasteiger partial charge in [0.25, 0.3) is 0 Å². The van der Waals surface area contributed by atoms with Crippen LogP contribution in [0.15, 0.2) is 0 Å². The molecule has 2 amide bonds. The molecule has 1 saturated carbocycles. The summed E-state index contributed by atoms with van der Waals surface area (Å²) >= 11 is 0. The molecule has 0 aliphatic heterocycles. The molecule has 0 spiro atoms. The molecule has 0 unspecified atom stereocenters. The van der Waals surface area contributed by atoms with Gasteiger partial charge in [-0.15, -0.1) is 0 Å². The van der Waals surface area contributed by atoms with Crippen molar-refractivity contribution < 1.29 is 22.8 Å². The highest BCUT2D eigenvalue weighted by Crippen LogP contribution is 2.30. The number of amides is 2. The third kappa shape index (κ3) is 6.45. The monoisotopic (exact) mass is 280 g/mol. The lowest BCUT2D eigenvalue weighted by Gasteiger charge is -2.16. The molecule has 1 atom stereocenters. The molecule has 0 radical (unpaired) electrons. The van der Waals surface area contributed by atoms with Gasteiger partial charge in [0.1, 0.15) is 6.42 Å². The Morgan fingerprint density at radius 2 is 1.79 bits per heavy atom. The Morgan fingerprint density at radius 3 is 2.32 bits per heavy atom. The van der Waals surface area contributed by atoms with Crippen molar-refractivity contribution in [1.29, 1.82) is 0 Å². The van der Waals surface area contributed by atoms with E-state index >= 15 is 0 Å². The molecule has 2 N–H and O–H groups in total. The number of carbonyl (C=O) groups is 2. The topological polar surface area (TPSA) is 58.2 Å². The van der Waals surface area contributed by atoms with Crippen molar-refractivity contribution in [2.24, 2.45) is 11.8 Å². The number of carbonyl (C=O) groups excluding carboxylic acids is 2. The van der Waals surface area contributed by atoms with Crippen molar-refractivity contribution in [1.82, 2.24) is 10.9 Å². The van der Waals surface area contributed by atoms with Crippen LogP contribution >= 0.6 is 0 Å². The van der Waals surface area contributed by atoms with Gasteiger partial charge in [0.2, 0.25) is 11.8 Å². The number of hydrogen-bond acceptors (Lipinski definition) is 2. The molecule has 110 valence electrons. The van der Waals surface area contributed by atoms with Gasteiger partial charge in [0.05, 0.1) is 0 Å². The molecule has 7 heteroatoms. The highest BCUT2D eigenvalue weighted by atomic mass is 19.4. The van der Waals surface area contributed by atoms with Crippen molar-refractivity contribution in [3.8, 4) is 0 Å². The van der Waals surface area contributed by atoms with Crippen LogP contribution in [-0.2, 0) is 9.59 Å². The van der Waals surface area contributed by atoms with E-state index in [4.69, 9.17) is 0 Å². The molecule has 4 nitrogen and oxygen atoms in total. The summed E-state index contributed by atoms with van der Waals surface area (Å²) in [6.45, 7) is 1.71. The van der Waals surface area contributed by atoms with E-state index in [9.17, 15) is 22.8 Å². The Bertz CT molecular complexity index is 325. The Labute approximate surface area is 110 Å². The first kappa shape index (κ1) is 15.8. The summed E-state index contributed by atoms with van der Waals surface area (Å²) in [6, 6.07) is 0. The second-order valence-electron chi connectivity index (χ2n) is 5.12. The number of rotatable bonds is 4. The summed E-state index contributed by atoms with van der Waals surface area (Å²) in [5.74, 6) is -1.50. The van der Waals surface area contributed by atoms with E-state index in [1.807, 2.05) is 5.43 Å². The van der Waals surface area contributed by atoms with Crippen LogP contribution in [0.3, 0.4) is 0 Å². The van der Waals surface area contributed by atoms with Crippen LogP contribution in [0.4, 0.5) is 13.2 Å². The zero-order valence-electron chi connectivity index (χ0n) is 10.8. The summed E-state index contributed by atoms with van der Waals surface area (Å²) in [5, 5.41) is 0. The van der Waals surface area contributed by atoms with Crippen LogP contribution < -0.4 is 10.9 Å². The number of halogens is 3. The van der Waals surface area contributed by atoms with Gasteiger partial charge in [-0.25, -0.2) is 0 Å². The van der Waals surface area contributed by atoms with E-state index in [2.05, 4.69) is 0 Å². The molecule has 0 aromatic rings. The molecule has 0 bridgehead atoms. The number of nitrogens with one attached hydrogen (secondary N) is 2. The smallest absolute Gasteiger partial charge is 0.273 e. The zero-order valence-corrected chi connectivity index (χ0v) is 10.8. The molecule has 0 saturated heterocycles. The van der Waals surface area contributed by atoms with E-state index in [1.165, 1.54) is 12.8 Å². The predicted molar refractivity (Wildman–Crippen MR) is 62.7 cm³/mol. The normalized spacial score (nSPS) is 18.1. The van der Waals surface area contributed by atoms with Gasteiger partial charge in [0, 0.05) is 5.92 Å². The Balaban J connectivity index is 2.24. The van der Waals surface area contributed by atoms with Crippen LogP contribution in [-0.4, -0.2) is 18.0 Å². The van der Waals surface area contributed by atoms with Crippen molar-refractivity contribution in [3.05, 3.63) is 0 Å². The van der Waals surface area contributed by atoms with E-state index < -0.39 is 24.4 Å². The quantitative estimate of drug-likeness (QED) is 0.776. The summed E-state index contributed by atoms with van der Waals surface area (Å²) in [6.07, 6.45) is -0.922. The van der Waals surface area contributed by atoms with Crippen LogP contribution in [0, 0.1) is 11.8 Å². The summed E-state index contributed by atoms with van der Waals surface area (Å²) in [4.78, 5) is 22.5. The fourth-order valence-electron chi connectivity index (χ4n) is 2.33. The standard InChI is InChI=1S/C12H19F3N2O2/c1-8(6-9-4-2-3-5-9)11(19)17-16-10(18)7-12(13,14)15/h8-9H,2-7H2,1H3,(H,16,18)(H,17,19)/t8-/m1/s1. The third-order valence-electron chi connectivity index (χ3n) is 3.30. The Morgan fingerprint density at radius 1 is 1.21 bits per heavy atom. The van der Waals surface area contributed by atoms with Gasteiger partial charge in [-0.05, 0) is 12.3 Å². The minimum absolute atomic E-state index is 0.311. The van der Waals surface area contributed by atoms with Crippen LogP contribution in [0.1, 0.15) is 45.4 Å². The average Bonchev–Trinajstić information content (AvgIpc) is 2.76. The Hall–Kier alpha value is -1.27. The van der Waals surface area contributed by atoms with Crippen molar-refractivity contribution >= 4 is 11.8 Å². The third-order valence-corrected chi connectivity index (χ3v) is 3.30. The maximum atomic E-state index is 11.9. The zero-order chi connectivity index (χ0) is 14.5. The molecule has 1 aliphatic rings. The molecule has 0 aromatic heterocycles. The van der Waals surface area contributed by atoms with Crippen LogP contribution in [0.25, 0.3) is 0 Å². The average molecular weight is 280 g/mol. The number of alkyl halides is 3. The van der Waals surface area contributed by atoms with E-state index in [1.54, 1.807) is 12.3 Å². The van der Waals surface area contributed by atoms with Crippen LogP contribution in [0.2, 0.25) is 0 Å². The maximum absolute atomic E-state index is 11.9. The predicted octanol–water partition coefficient (Wildman–Crippen LogP) is 2.30. The molecular formula is C12H19F3N2O2. The van der Waals surface area contributed by atoms with Crippen molar-refractivity contribution in [2.45, 2.75) is 51.6 Å². The first-order valence-corrected chi connectivity index (χ1v) is 6.43. The lowest BCUT2D eigenvalue weighted by Crippen LogP contribution is -2.45. The van der Waals surface area contributed by atoms with Gasteiger partial charge >= 0.3 is 6.18 Å². The van der Waals surface area contributed by atoms with Crippen molar-refractivity contribution in [2.75, 3.05) is 0 Å².